The highest BCUT2D eigenvalue weighted by atomic mass is 35.5. The van der Waals surface area contributed by atoms with E-state index in [0.717, 1.165) is 21.3 Å². The summed E-state index contributed by atoms with van der Waals surface area (Å²) in [6.45, 7) is 6.35. The monoisotopic (exact) mass is 744 g/mol. The number of carbonyl (C=O) groups excluding carboxylic acids is 2. The van der Waals surface area contributed by atoms with Crippen LogP contribution in [0.5, 0.6) is 0 Å². The lowest BCUT2D eigenvalue weighted by Gasteiger charge is -2.33. The molecular weight excluding hydrogens is 713 g/mol. The summed E-state index contributed by atoms with van der Waals surface area (Å²) >= 11 is 7.89. The van der Waals surface area contributed by atoms with Crippen LogP contribution in [0.15, 0.2) is 58.4 Å². The highest BCUT2D eigenvalue weighted by Gasteiger charge is 2.38. The van der Waals surface area contributed by atoms with E-state index in [0.29, 0.717) is 45.7 Å². The summed E-state index contributed by atoms with van der Waals surface area (Å²) in [7, 11) is 1.59. The Morgan fingerprint density at radius 1 is 1.08 bits per heavy atom. The van der Waals surface area contributed by atoms with Crippen molar-refractivity contribution in [1.29, 1.82) is 0 Å². The zero-order valence-electron chi connectivity index (χ0n) is 27.6. The number of carbonyl (C=O) groups is 3. The Kier molecular flexibility index (Phi) is 10.8. The molecule has 1 atom stereocenters. The van der Waals surface area contributed by atoms with Gasteiger partial charge in [0.1, 0.15) is 11.0 Å². The number of hydrogen-bond donors (Lipinski definition) is 4. The summed E-state index contributed by atoms with van der Waals surface area (Å²) in [5, 5.41) is 27.2. The van der Waals surface area contributed by atoms with Crippen LogP contribution in [-0.2, 0) is 22.6 Å². The number of hydrogen-bond acceptors (Lipinski definition) is 9. The van der Waals surface area contributed by atoms with Gasteiger partial charge in [0, 0.05) is 47.3 Å². The van der Waals surface area contributed by atoms with Gasteiger partial charge < -0.3 is 24.8 Å². The number of rotatable bonds is 9. The molecule has 4 aromatic heterocycles. The number of nitrogens with one attached hydrogen (secondary N) is 3. The molecule has 2 amide bonds. The van der Waals surface area contributed by atoms with Crippen molar-refractivity contribution >= 4 is 62.7 Å². The normalized spacial score (nSPS) is 12.4. The number of carboxylic acids is 1. The minimum Gasteiger partial charge on any atom is -0.475 e. The van der Waals surface area contributed by atoms with Crippen LogP contribution in [0.4, 0.5) is 13.2 Å². The van der Waals surface area contributed by atoms with Crippen molar-refractivity contribution in [3.63, 3.8) is 0 Å². The van der Waals surface area contributed by atoms with Gasteiger partial charge in [-0.05, 0) is 47.2 Å². The van der Waals surface area contributed by atoms with Crippen LogP contribution in [0.2, 0.25) is 5.15 Å². The number of halogens is 4. The maximum Gasteiger partial charge on any atom is 0.490 e. The van der Waals surface area contributed by atoms with Crippen molar-refractivity contribution in [1.82, 2.24) is 40.5 Å². The van der Waals surface area contributed by atoms with Gasteiger partial charge in [0.05, 0.1) is 23.1 Å². The van der Waals surface area contributed by atoms with Crippen molar-refractivity contribution in [2.24, 2.45) is 5.41 Å². The van der Waals surface area contributed by atoms with Crippen molar-refractivity contribution in [3.8, 4) is 11.4 Å². The molecule has 6 aromatic rings. The molecule has 4 heterocycles. The third-order valence-corrected chi connectivity index (χ3v) is 8.90. The van der Waals surface area contributed by atoms with Gasteiger partial charge in [0.15, 0.2) is 5.82 Å². The summed E-state index contributed by atoms with van der Waals surface area (Å²) in [6, 6.07) is 14.8. The number of H-pyrrole nitrogens is 1. The molecule has 13 nitrogen and oxygen atoms in total. The fourth-order valence-corrected chi connectivity index (χ4v) is 6.13. The first-order valence-electron chi connectivity index (χ1n) is 15.3. The van der Waals surface area contributed by atoms with Gasteiger partial charge >= 0.3 is 12.1 Å². The van der Waals surface area contributed by atoms with Crippen molar-refractivity contribution in [2.75, 3.05) is 7.05 Å². The van der Waals surface area contributed by atoms with E-state index in [4.69, 9.17) is 31.0 Å². The minimum atomic E-state index is -5.08. The van der Waals surface area contributed by atoms with E-state index in [1.807, 2.05) is 47.8 Å². The Labute approximate surface area is 297 Å². The summed E-state index contributed by atoms with van der Waals surface area (Å²) in [6.07, 6.45) is -4.37. The number of amides is 2. The van der Waals surface area contributed by atoms with Crippen LogP contribution in [0.3, 0.4) is 0 Å². The highest BCUT2D eigenvalue weighted by Crippen LogP contribution is 2.40. The number of carboxylic acid groups (broad SMARTS) is 1. The van der Waals surface area contributed by atoms with Gasteiger partial charge in [0.25, 0.3) is 5.91 Å². The molecule has 0 radical (unpaired) electrons. The van der Waals surface area contributed by atoms with E-state index in [-0.39, 0.29) is 36.2 Å². The molecule has 0 saturated carbocycles. The van der Waals surface area contributed by atoms with E-state index < -0.39 is 12.1 Å². The molecule has 0 aliphatic rings. The SMILES string of the molecule is CNC(=O)c1ccc2nc(-c3ccc4c(Cl)[nH]nc4c3)n([C@@H](CC(=O)NCc3nc(Cc4cccs4)no3)C(C)(C)C)c2c1.O=C(O)C(F)(F)F. The van der Waals surface area contributed by atoms with Gasteiger partial charge in [-0.3, -0.25) is 14.7 Å². The molecule has 0 aliphatic carbocycles. The Bertz CT molecular complexity index is 2190. The first kappa shape index (κ1) is 37.0. The lowest BCUT2D eigenvalue weighted by molar-refractivity contribution is -0.192. The number of thiophene rings is 1. The Morgan fingerprint density at radius 3 is 2.47 bits per heavy atom. The molecule has 0 aliphatic heterocycles. The van der Waals surface area contributed by atoms with Crippen molar-refractivity contribution in [3.05, 3.63) is 81.2 Å². The van der Waals surface area contributed by atoms with Gasteiger partial charge in [-0.2, -0.15) is 23.3 Å². The zero-order chi connectivity index (χ0) is 37.1. The Hall–Kier alpha value is -5.29. The molecule has 268 valence electrons. The fraction of sp³-hybridized carbons (Fsp3) is 0.303. The van der Waals surface area contributed by atoms with E-state index in [2.05, 4.69) is 56.3 Å². The van der Waals surface area contributed by atoms with E-state index in [9.17, 15) is 22.8 Å². The number of imidazole rings is 1. The molecular formula is C33H32ClF3N8O5S. The molecule has 4 N–H and O–H groups in total. The number of nitrogens with zero attached hydrogens (tertiary/aromatic N) is 5. The van der Waals surface area contributed by atoms with Crippen molar-refractivity contribution in [2.45, 2.75) is 52.4 Å². The number of aromatic nitrogens is 6. The fourth-order valence-electron chi connectivity index (χ4n) is 5.23. The van der Waals surface area contributed by atoms with Gasteiger partial charge in [-0.15, -0.1) is 11.3 Å². The Balaban J connectivity index is 0.000000654. The smallest absolute Gasteiger partial charge is 0.475 e. The minimum absolute atomic E-state index is 0.113. The number of aliphatic carboxylic acids is 1. The van der Waals surface area contributed by atoms with Crippen LogP contribution >= 0.6 is 22.9 Å². The molecule has 0 unspecified atom stereocenters. The quantitative estimate of drug-likeness (QED) is 0.128. The summed E-state index contributed by atoms with van der Waals surface area (Å²) in [5.41, 5.74) is 3.04. The van der Waals surface area contributed by atoms with E-state index >= 15 is 0 Å². The van der Waals surface area contributed by atoms with Gasteiger partial charge in [-0.25, -0.2) is 9.78 Å². The molecule has 18 heteroatoms. The van der Waals surface area contributed by atoms with Crippen molar-refractivity contribution < 1.29 is 37.2 Å². The molecule has 0 saturated heterocycles. The predicted octanol–water partition coefficient (Wildman–Crippen LogP) is 6.55. The van der Waals surface area contributed by atoms with Crippen LogP contribution in [0.1, 0.15) is 60.2 Å². The van der Waals surface area contributed by atoms with Crippen LogP contribution in [-0.4, -0.2) is 66.0 Å². The van der Waals surface area contributed by atoms with Crippen LogP contribution in [0.25, 0.3) is 33.3 Å². The zero-order valence-corrected chi connectivity index (χ0v) is 29.2. The third-order valence-electron chi connectivity index (χ3n) is 7.74. The molecule has 0 fully saturated rings. The molecule has 51 heavy (non-hydrogen) atoms. The lowest BCUT2D eigenvalue weighted by Crippen LogP contribution is -2.32. The number of aromatic amines is 1. The largest absolute Gasteiger partial charge is 0.490 e. The molecule has 6 rings (SSSR count). The first-order chi connectivity index (χ1) is 24.0. The van der Waals surface area contributed by atoms with E-state index in [1.54, 1.807) is 24.5 Å². The second kappa shape index (κ2) is 14.9. The second-order valence-corrected chi connectivity index (χ2v) is 13.8. The average Bonchev–Trinajstić information content (AvgIpc) is 3.89. The lowest BCUT2D eigenvalue weighted by atomic mass is 9.84. The molecule has 2 aromatic carbocycles. The maximum absolute atomic E-state index is 13.5. The van der Waals surface area contributed by atoms with Gasteiger partial charge in [-0.1, -0.05) is 49.7 Å². The predicted molar refractivity (Wildman–Crippen MR) is 183 cm³/mol. The molecule has 0 spiro atoms. The summed E-state index contributed by atoms with van der Waals surface area (Å²) < 4.78 is 39.2. The second-order valence-electron chi connectivity index (χ2n) is 12.4. The Morgan fingerprint density at radius 2 is 1.82 bits per heavy atom. The van der Waals surface area contributed by atoms with Gasteiger partial charge in [0.2, 0.25) is 11.8 Å². The third kappa shape index (κ3) is 8.72. The maximum atomic E-state index is 13.5. The van der Waals surface area contributed by atoms with Crippen LogP contribution in [0, 0.1) is 5.41 Å². The summed E-state index contributed by atoms with van der Waals surface area (Å²) in [4.78, 5) is 45.5. The number of fused-ring (bicyclic) bond motifs is 2. The molecule has 0 bridgehead atoms. The summed E-state index contributed by atoms with van der Waals surface area (Å²) in [5.74, 6) is -1.59. The van der Waals surface area contributed by atoms with Crippen LogP contribution < -0.4 is 10.6 Å². The topological polar surface area (TPSA) is 181 Å². The standard InChI is InChI=1S/C31H31ClN8O3S.C2HF3O2/c1-31(2,3)24(15-26(41)34-16-27-36-25(39-43-27)14-19-6-5-11-44-19)40-23-13-18(30(42)33-4)8-10-21(23)35-29(40)17-7-9-20-22(12-17)37-38-28(20)32;3-2(4,5)1(6)7/h5-13,24H,14-16H2,1-4H3,(H,33,42)(H,34,41)(H,37,38);(H,6,7)/t24-;/m0./s1. The number of benzene rings is 2. The number of alkyl halides is 3. The first-order valence-corrected chi connectivity index (χ1v) is 16.6. The average molecular weight is 745 g/mol. The highest BCUT2D eigenvalue weighted by molar-refractivity contribution is 7.09. The van der Waals surface area contributed by atoms with E-state index in [1.165, 1.54) is 0 Å².